The van der Waals surface area contributed by atoms with Gasteiger partial charge in [0.15, 0.2) is 16.6 Å². The van der Waals surface area contributed by atoms with E-state index in [0.29, 0.717) is 34.4 Å². The first-order valence-electron chi connectivity index (χ1n) is 9.25. The molecule has 0 saturated heterocycles. The molecular weight excluding hydrogens is 421 g/mol. The molecule has 0 aliphatic carbocycles. The van der Waals surface area contributed by atoms with Crippen LogP contribution < -0.4 is 14.8 Å². The SMILES string of the molecule is COc1ccc(OC)c(-c2cc(C(=O)Nc3ncc(Cc4cccc(F)c4)s3)no2)c1. The summed E-state index contributed by atoms with van der Waals surface area (Å²) in [6.45, 7) is 0. The van der Waals surface area contributed by atoms with E-state index in [9.17, 15) is 9.18 Å². The van der Waals surface area contributed by atoms with Gasteiger partial charge in [-0.25, -0.2) is 9.37 Å². The molecule has 158 valence electrons. The van der Waals surface area contributed by atoms with Crippen molar-refractivity contribution in [2.45, 2.75) is 6.42 Å². The quantitative estimate of drug-likeness (QED) is 0.445. The molecular formula is C22H18FN3O4S. The van der Waals surface area contributed by atoms with Crippen LogP contribution >= 0.6 is 11.3 Å². The number of rotatable bonds is 7. The number of nitrogens with zero attached hydrogens (tertiary/aromatic N) is 2. The predicted octanol–water partition coefficient (Wildman–Crippen LogP) is 4.80. The highest BCUT2D eigenvalue weighted by molar-refractivity contribution is 7.15. The average Bonchev–Trinajstić information content (AvgIpc) is 3.43. The molecule has 2 heterocycles. The lowest BCUT2D eigenvalue weighted by Gasteiger charge is -2.07. The van der Waals surface area contributed by atoms with Crippen LogP contribution in [0.15, 0.2) is 59.3 Å². The third-order valence-corrected chi connectivity index (χ3v) is 5.37. The summed E-state index contributed by atoms with van der Waals surface area (Å²) in [5.74, 6) is 0.804. The Labute approximate surface area is 181 Å². The smallest absolute Gasteiger partial charge is 0.279 e. The minimum atomic E-state index is -0.455. The molecule has 31 heavy (non-hydrogen) atoms. The second-order valence-corrected chi connectivity index (χ2v) is 7.65. The maximum atomic E-state index is 13.3. The Balaban J connectivity index is 1.47. The van der Waals surface area contributed by atoms with Gasteiger partial charge in [-0.3, -0.25) is 10.1 Å². The Morgan fingerprint density at radius 3 is 2.81 bits per heavy atom. The van der Waals surface area contributed by atoms with Crippen LogP contribution in [0.4, 0.5) is 9.52 Å². The van der Waals surface area contributed by atoms with Crippen LogP contribution in [0.5, 0.6) is 11.5 Å². The topological polar surface area (TPSA) is 86.5 Å². The third-order valence-electron chi connectivity index (χ3n) is 4.46. The first-order valence-corrected chi connectivity index (χ1v) is 10.1. The standard InChI is InChI=1S/C22H18FN3O4S/c1-28-15-6-7-19(29-2)17(10-15)20-11-18(26-30-20)21(27)25-22-24-12-16(31-22)9-13-4-3-5-14(23)8-13/h3-8,10-12H,9H2,1-2H3,(H,24,25,27). The van der Waals surface area contributed by atoms with Gasteiger partial charge in [0.25, 0.3) is 5.91 Å². The van der Waals surface area contributed by atoms with E-state index in [2.05, 4.69) is 15.5 Å². The lowest BCUT2D eigenvalue weighted by molar-refractivity contribution is 0.101. The molecule has 1 N–H and O–H groups in total. The van der Waals surface area contributed by atoms with Crippen LogP contribution in [0, 0.1) is 5.82 Å². The number of hydrogen-bond acceptors (Lipinski definition) is 7. The van der Waals surface area contributed by atoms with Crippen LogP contribution in [0.3, 0.4) is 0 Å². The highest BCUT2D eigenvalue weighted by Gasteiger charge is 2.18. The summed E-state index contributed by atoms with van der Waals surface area (Å²) in [5.41, 5.74) is 1.54. The van der Waals surface area contributed by atoms with Gasteiger partial charge in [-0.2, -0.15) is 0 Å². The lowest BCUT2D eigenvalue weighted by Crippen LogP contribution is -2.11. The number of benzene rings is 2. The van der Waals surface area contributed by atoms with Gasteiger partial charge in [0.1, 0.15) is 17.3 Å². The summed E-state index contributed by atoms with van der Waals surface area (Å²) in [6.07, 6.45) is 2.18. The largest absolute Gasteiger partial charge is 0.497 e. The van der Waals surface area contributed by atoms with Crippen molar-refractivity contribution in [1.29, 1.82) is 0 Å². The first kappa shape index (κ1) is 20.5. The Kier molecular flexibility index (Phi) is 5.94. The number of methoxy groups -OCH3 is 2. The van der Waals surface area contributed by atoms with Crippen molar-refractivity contribution in [3.8, 4) is 22.8 Å². The molecule has 0 atom stereocenters. The molecule has 1 amide bonds. The van der Waals surface area contributed by atoms with Crippen molar-refractivity contribution in [2.75, 3.05) is 19.5 Å². The van der Waals surface area contributed by atoms with Gasteiger partial charge >= 0.3 is 0 Å². The molecule has 2 aromatic heterocycles. The van der Waals surface area contributed by atoms with Gasteiger partial charge < -0.3 is 14.0 Å². The maximum Gasteiger partial charge on any atom is 0.279 e. The molecule has 9 heteroatoms. The molecule has 2 aromatic carbocycles. The fraction of sp³-hybridized carbons (Fsp3) is 0.136. The highest BCUT2D eigenvalue weighted by atomic mass is 32.1. The van der Waals surface area contributed by atoms with Crippen LogP contribution in [-0.4, -0.2) is 30.3 Å². The van der Waals surface area contributed by atoms with Crippen molar-refractivity contribution < 1.29 is 23.2 Å². The molecule has 7 nitrogen and oxygen atoms in total. The number of anilines is 1. The van der Waals surface area contributed by atoms with Gasteiger partial charge in [0, 0.05) is 23.6 Å². The zero-order valence-corrected chi connectivity index (χ0v) is 17.5. The predicted molar refractivity (Wildman–Crippen MR) is 114 cm³/mol. The Morgan fingerprint density at radius 2 is 2.03 bits per heavy atom. The summed E-state index contributed by atoms with van der Waals surface area (Å²) in [4.78, 5) is 17.7. The van der Waals surface area contributed by atoms with E-state index in [1.165, 1.54) is 29.5 Å². The Morgan fingerprint density at radius 1 is 1.16 bits per heavy atom. The van der Waals surface area contributed by atoms with Crippen LogP contribution in [0.2, 0.25) is 0 Å². The fourth-order valence-corrected chi connectivity index (χ4v) is 3.81. The molecule has 0 radical (unpaired) electrons. The van der Waals surface area contributed by atoms with Crippen LogP contribution in [0.1, 0.15) is 20.9 Å². The lowest BCUT2D eigenvalue weighted by atomic mass is 10.1. The van der Waals surface area contributed by atoms with Crippen molar-refractivity contribution in [3.05, 3.63) is 76.7 Å². The van der Waals surface area contributed by atoms with E-state index in [1.54, 1.807) is 44.7 Å². The summed E-state index contributed by atoms with van der Waals surface area (Å²) in [7, 11) is 3.10. The zero-order chi connectivity index (χ0) is 21.8. The number of aromatic nitrogens is 2. The molecule has 0 fully saturated rings. The van der Waals surface area contributed by atoms with Gasteiger partial charge in [-0.15, -0.1) is 11.3 Å². The van der Waals surface area contributed by atoms with Gasteiger partial charge in [-0.1, -0.05) is 17.3 Å². The molecule has 0 aliphatic rings. The normalized spacial score (nSPS) is 10.7. The summed E-state index contributed by atoms with van der Waals surface area (Å²) >= 11 is 1.31. The summed E-state index contributed by atoms with van der Waals surface area (Å²) < 4.78 is 29.3. The second kappa shape index (κ2) is 8.97. The average molecular weight is 439 g/mol. The van der Waals surface area contributed by atoms with Crippen molar-refractivity contribution in [2.24, 2.45) is 0 Å². The van der Waals surface area contributed by atoms with Gasteiger partial charge in [0.05, 0.1) is 19.8 Å². The fourth-order valence-electron chi connectivity index (χ4n) is 2.97. The Hall–Kier alpha value is -3.72. The molecule has 0 saturated carbocycles. The number of amides is 1. The van der Waals surface area contributed by atoms with Crippen molar-refractivity contribution in [3.63, 3.8) is 0 Å². The Bertz CT molecular complexity index is 1220. The minimum Gasteiger partial charge on any atom is -0.497 e. The van der Waals surface area contributed by atoms with E-state index in [1.807, 2.05) is 6.07 Å². The summed E-state index contributed by atoms with van der Waals surface area (Å²) in [5, 5.41) is 6.98. The number of ether oxygens (including phenoxy) is 2. The number of carbonyl (C=O) groups excluding carboxylic acids is 1. The molecule has 0 bridgehead atoms. The highest BCUT2D eigenvalue weighted by Crippen LogP contribution is 2.34. The van der Waals surface area contributed by atoms with E-state index in [4.69, 9.17) is 14.0 Å². The van der Waals surface area contributed by atoms with Gasteiger partial charge in [-0.05, 0) is 35.9 Å². The van der Waals surface area contributed by atoms with E-state index in [0.717, 1.165) is 10.4 Å². The van der Waals surface area contributed by atoms with Gasteiger partial charge in [0.2, 0.25) is 0 Å². The van der Waals surface area contributed by atoms with Crippen LogP contribution in [-0.2, 0) is 6.42 Å². The minimum absolute atomic E-state index is 0.0988. The number of halogens is 1. The summed E-state index contributed by atoms with van der Waals surface area (Å²) in [6, 6.07) is 13.1. The number of nitrogens with one attached hydrogen (secondary N) is 1. The van der Waals surface area contributed by atoms with Crippen molar-refractivity contribution >= 4 is 22.4 Å². The van der Waals surface area contributed by atoms with Crippen molar-refractivity contribution in [1.82, 2.24) is 10.1 Å². The number of thiazole rings is 1. The van der Waals surface area contributed by atoms with E-state index < -0.39 is 5.91 Å². The van der Waals surface area contributed by atoms with E-state index >= 15 is 0 Å². The van der Waals surface area contributed by atoms with E-state index in [-0.39, 0.29) is 11.5 Å². The molecule has 0 aliphatic heterocycles. The monoisotopic (exact) mass is 439 g/mol. The van der Waals surface area contributed by atoms with Crippen LogP contribution in [0.25, 0.3) is 11.3 Å². The molecule has 4 rings (SSSR count). The number of hydrogen-bond donors (Lipinski definition) is 1. The third kappa shape index (κ3) is 4.72. The molecule has 4 aromatic rings. The second-order valence-electron chi connectivity index (χ2n) is 6.54. The number of carbonyl (C=O) groups is 1. The molecule has 0 spiro atoms. The zero-order valence-electron chi connectivity index (χ0n) is 16.7. The maximum absolute atomic E-state index is 13.3. The first-order chi connectivity index (χ1) is 15.1. The molecule has 0 unspecified atom stereocenters.